The minimum Gasteiger partial charge on any atom is -0.398 e. The third-order valence-electron chi connectivity index (χ3n) is 3.60. The number of fused-ring (bicyclic) bond motifs is 1. The lowest BCUT2D eigenvalue weighted by molar-refractivity contribution is 0.632. The average molecular weight is 243 g/mol. The smallest absolute Gasteiger partial charge is 0.0465 e. The number of rotatable bonds is 4. The topological polar surface area (TPSA) is 42.1 Å². The van der Waals surface area contributed by atoms with Gasteiger partial charge in [0, 0.05) is 47.1 Å². The lowest BCUT2D eigenvalue weighted by atomic mass is 10.1. The van der Waals surface area contributed by atoms with Gasteiger partial charge in [0.25, 0.3) is 0 Å². The summed E-state index contributed by atoms with van der Waals surface area (Å²) < 4.78 is 0. The van der Waals surface area contributed by atoms with Gasteiger partial charge in [-0.3, -0.25) is 4.98 Å². The Hall–Kier alpha value is -1.77. The molecule has 1 unspecified atom stereocenters. The van der Waals surface area contributed by atoms with Crippen molar-refractivity contribution in [1.29, 1.82) is 0 Å². The molecule has 0 saturated carbocycles. The number of nitrogens with zero attached hydrogens (tertiary/aromatic N) is 2. The lowest BCUT2D eigenvalue weighted by Gasteiger charge is -2.30. The Labute approximate surface area is 109 Å². The number of benzene rings is 1. The molecule has 2 aromatic rings. The first-order valence-electron chi connectivity index (χ1n) is 6.57. The van der Waals surface area contributed by atoms with Gasteiger partial charge in [-0.05, 0) is 38.5 Å². The van der Waals surface area contributed by atoms with Crippen LogP contribution in [0, 0.1) is 0 Å². The van der Waals surface area contributed by atoms with Crippen LogP contribution >= 0.6 is 0 Å². The van der Waals surface area contributed by atoms with Crippen LogP contribution in [-0.4, -0.2) is 17.6 Å². The fourth-order valence-corrected chi connectivity index (χ4v) is 2.39. The molecule has 3 nitrogen and oxygen atoms in total. The van der Waals surface area contributed by atoms with E-state index >= 15 is 0 Å². The van der Waals surface area contributed by atoms with E-state index in [0.29, 0.717) is 6.04 Å². The highest BCUT2D eigenvalue weighted by Gasteiger charge is 2.14. The minimum atomic E-state index is 0.516. The van der Waals surface area contributed by atoms with Crippen LogP contribution in [0.2, 0.25) is 0 Å². The average Bonchev–Trinajstić information content (AvgIpc) is 2.42. The van der Waals surface area contributed by atoms with Gasteiger partial charge in [-0.1, -0.05) is 6.92 Å². The van der Waals surface area contributed by atoms with Gasteiger partial charge in [0.15, 0.2) is 0 Å². The fourth-order valence-electron chi connectivity index (χ4n) is 2.39. The van der Waals surface area contributed by atoms with Gasteiger partial charge in [0.2, 0.25) is 0 Å². The first-order valence-corrected chi connectivity index (χ1v) is 6.57. The van der Waals surface area contributed by atoms with Crippen LogP contribution in [0.4, 0.5) is 11.4 Å². The zero-order valence-corrected chi connectivity index (χ0v) is 11.4. The third-order valence-corrected chi connectivity index (χ3v) is 3.60. The molecule has 0 saturated heterocycles. The van der Waals surface area contributed by atoms with Crippen LogP contribution in [0.5, 0.6) is 0 Å². The van der Waals surface area contributed by atoms with E-state index in [2.05, 4.69) is 36.7 Å². The maximum Gasteiger partial charge on any atom is 0.0465 e. The number of hydrogen-bond donors (Lipinski definition) is 1. The Bertz CT molecular complexity index is 536. The second kappa shape index (κ2) is 5.25. The maximum atomic E-state index is 6.03. The van der Waals surface area contributed by atoms with Gasteiger partial charge in [-0.2, -0.15) is 0 Å². The Kier molecular flexibility index (Phi) is 3.70. The van der Waals surface area contributed by atoms with Crippen molar-refractivity contribution in [2.75, 3.05) is 17.2 Å². The van der Waals surface area contributed by atoms with Gasteiger partial charge >= 0.3 is 0 Å². The van der Waals surface area contributed by atoms with E-state index in [0.717, 1.165) is 29.4 Å². The molecule has 1 aromatic heterocycles. The van der Waals surface area contributed by atoms with E-state index in [-0.39, 0.29) is 0 Å². The van der Waals surface area contributed by atoms with Crippen molar-refractivity contribution in [2.45, 2.75) is 33.2 Å². The normalized spacial score (nSPS) is 12.6. The first kappa shape index (κ1) is 12.7. The van der Waals surface area contributed by atoms with Crippen LogP contribution in [0.3, 0.4) is 0 Å². The molecular formula is C15H21N3. The Balaban J connectivity index is 2.60. The van der Waals surface area contributed by atoms with Crippen LogP contribution in [0.25, 0.3) is 10.8 Å². The molecule has 2 rings (SSSR count). The molecule has 0 spiro atoms. The summed E-state index contributed by atoms with van der Waals surface area (Å²) in [6, 6.07) is 6.60. The maximum absolute atomic E-state index is 6.03. The monoisotopic (exact) mass is 243 g/mol. The third kappa shape index (κ3) is 2.13. The highest BCUT2D eigenvalue weighted by Crippen LogP contribution is 2.31. The molecule has 1 aromatic carbocycles. The predicted molar refractivity (Wildman–Crippen MR) is 78.9 cm³/mol. The van der Waals surface area contributed by atoms with E-state index in [1.165, 1.54) is 5.69 Å². The van der Waals surface area contributed by atoms with Gasteiger partial charge < -0.3 is 10.6 Å². The van der Waals surface area contributed by atoms with Crippen molar-refractivity contribution >= 4 is 22.1 Å². The van der Waals surface area contributed by atoms with E-state index in [1.807, 2.05) is 18.3 Å². The van der Waals surface area contributed by atoms with Crippen molar-refractivity contribution in [3.63, 3.8) is 0 Å². The first-order chi connectivity index (χ1) is 8.69. The quantitative estimate of drug-likeness (QED) is 0.836. The molecule has 96 valence electrons. The summed E-state index contributed by atoms with van der Waals surface area (Å²) in [5, 5.41) is 2.23. The van der Waals surface area contributed by atoms with Gasteiger partial charge in [0.05, 0.1) is 0 Å². The molecule has 0 aliphatic carbocycles. The zero-order chi connectivity index (χ0) is 13.1. The Morgan fingerprint density at radius 1 is 1.22 bits per heavy atom. The molecule has 3 heteroatoms. The van der Waals surface area contributed by atoms with E-state index in [9.17, 15) is 0 Å². The Morgan fingerprint density at radius 2 is 2.00 bits per heavy atom. The number of hydrogen-bond acceptors (Lipinski definition) is 3. The summed E-state index contributed by atoms with van der Waals surface area (Å²) in [5.41, 5.74) is 8.07. The van der Waals surface area contributed by atoms with Crippen LogP contribution in [0.1, 0.15) is 27.2 Å². The molecule has 1 atom stereocenters. The molecular weight excluding hydrogens is 222 g/mol. The van der Waals surface area contributed by atoms with Crippen LogP contribution < -0.4 is 10.6 Å². The lowest BCUT2D eigenvalue weighted by Crippen LogP contribution is -2.32. The van der Waals surface area contributed by atoms with Crippen molar-refractivity contribution in [2.24, 2.45) is 0 Å². The van der Waals surface area contributed by atoms with Gasteiger partial charge in [-0.25, -0.2) is 0 Å². The van der Waals surface area contributed by atoms with Crippen molar-refractivity contribution in [3.05, 3.63) is 30.6 Å². The molecule has 0 aliphatic heterocycles. The zero-order valence-electron chi connectivity index (χ0n) is 11.4. The van der Waals surface area contributed by atoms with Crippen molar-refractivity contribution in [3.8, 4) is 0 Å². The van der Waals surface area contributed by atoms with E-state index in [1.54, 1.807) is 6.20 Å². The molecule has 0 bridgehead atoms. The number of nitrogens with two attached hydrogens (primary N) is 1. The number of aromatic nitrogens is 1. The van der Waals surface area contributed by atoms with Crippen molar-refractivity contribution in [1.82, 2.24) is 4.98 Å². The molecule has 0 fully saturated rings. The molecule has 18 heavy (non-hydrogen) atoms. The standard InChI is InChI=1S/C15H21N3/c1-4-11(3)18(5-2)15-7-6-14(16)12-8-9-17-10-13(12)15/h6-11H,4-5,16H2,1-3H3. The summed E-state index contributed by atoms with van der Waals surface area (Å²) in [6.45, 7) is 7.64. The largest absolute Gasteiger partial charge is 0.398 e. The minimum absolute atomic E-state index is 0.516. The number of pyridine rings is 1. The van der Waals surface area contributed by atoms with E-state index < -0.39 is 0 Å². The van der Waals surface area contributed by atoms with E-state index in [4.69, 9.17) is 5.73 Å². The second-order valence-electron chi connectivity index (χ2n) is 4.64. The summed E-state index contributed by atoms with van der Waals surface area (Å²) in [6.07, 6.45) is 4.83. The highest BCUT2D eigenvalue weighted by molar-refractivity contribution is 6.00. The molecule has 0 aliphatic rings. The fraction of sp³-hybridized carbons (Fsp3) is 0.400. The van der Waals surface area contributed by atoms with Crippen molar-refractivity contribution < 1.29 is 0 Å². The van der Waals surface area contributed by atoms with Crippen LogP contribution in [0.15, 0.2) is 30.6 Å². The summed E-state index contributed by atoms with van der Waals surface area (Å²) in [7, 11) is 0. The highest BCUT2D eigenvalue weighted by atomic mass is 15.1. The molecule has 2 N–H and O–H groups in total. The number of nitrogen functional groups attached to an aromatic ring is 1. The second-order valence-corrected chi connectivity index (χ2v) is 4.64. The SMILES string of the molecule is CCC(C)N(CC)c1ccc(N)c2ccncc12. The van der Waals surface area contributed by atoms with Gasteiger partial charge in [0.1, 0.15) is 0 Å². The summed E-state index contributed by atoms with van der Waals surface area (Å²) >= 11 is 0. The molecule has 0 amide bonds. The van der Waals surface area contributed by atoms with Crippen LogP contribution in [-0.2, 0) is 0 Å². The predicted octanol–water partition coefficient (Wildman–Crippen LogP) is 3.44. The molecule has 1 heterocycles. The Morgan fingerprint density at radius 3 is 2.67 bits per heavy atom. The summed E-state index contributed by atoms with van der Waals surface area (Å²) in [5.74, 6) is 0. The number of anilines is 2. The van der Waals surface area contributed by atoms with Gasteiger partial charge in [-0.15, -0.1) is 0 Å². The molecule has 0 radical (unpaired) electrons. The summed E-state index contributed by atoms with van der Waals surface area (Å²) in [4.78, 5) is 6.64.